The molecule has 1 aromatic rings. The quantitative estimate of drug-likeness (QED) is 0.441. The van der Waals surface area contributed by atoms with Crippen molar-refractivity contribution in [2.24, 2.45) is 11.8 Å². The van der Waals surface area contributed by atoms with Crippen LogP contribution in [0.3, 0.4) is 0 Å². The molecule has 7 unspecified atom stereocenters. The van der Waals surface area contributed by atoms with Crippen molar-refractivity contribution in [2.75, 3.05) is 34.3 Å². The maximum Gasteiger partial charge on any atom is 0.249 e. The second kappa shape index (κ2) is 14.5. The van der Waals surface area contributed by atoms with Crippen molar-refractivity contribution in [3.05, 3.63) is 30.0 Å². The van der Waals surface area contributed by atoms with E-state index in [0.717, 1.165) is 12.0 Å². The monoisotopic (exact) mass is 611 g/mol. The number of ether oxygens (including phenoxy) is 2. The van der Waals surface area contributed by atoms with E-state index in [1.165, 1.54) is 0 Å². The van der Waals surface area contributed by atoms with E-state index < -0.39 is 30.3 Å². The zero-order chi connectivity index (χ0) is 32.1. The van der Waals surface area contributed by atoms with Gasteiger partial charge in [-0.3, -0.25) is 24.1 Å². The second-order valence-electron chi connectivity index (χ2n) is 12.5. The summed E-state index contributed by atoms with van der Waals surface area (Å²) < 4.78 is 12.0. The molecule has 11 nitrogen and oxygen atoms in total. The molecule has 4 amide bonds. The number of hydrogen-bond donors (Lipinski definition) is 2. The summed E-state index contributed by atoms with van der Waals surface area (Å²) in [5, 5.41) is 5.90. The van der Waals surface area contributed by atoms with Gasteiger partial charge in [-0.2, -0.15) is 0 Å². The highest BCUT2D eigenvalue weighted by Crippen LogP contribution is 2.33. The third kappa shape index (κ3) is 6.87. The Morgan fingerprint density at radius 1 is 1.11 bits per heavy atom. The normalized spacial score (nSPS) is 24.5. The van der Waals surface area contributed by atoms with Crippen LogP contribution in [0.4, 0.5) is 0 Å². The summed E-state index contributed by atoms with van der Waals surface area (Å²) in [6.45, 7) is 8.70. The van der Waals surface area contributed by atoms with Gasteiger partial charge >= 0.3 is 0 Å². The maximum absolute atomic E-state index is 14.4. The average molecular weight is 612 g/mol. The van der Waals surface area contributed by atoms with Gasteiger partial charge in [0.1, 0.15) is 35.7 Å². The Balaban J connectivity index is 1.71. The van der Waals surface area contributed by atoms with E-state index in [1.54, 1.807) is 41.3 Å². The van der Waals surface area contributed by atoms with Gasteiger partial charge in [-0.1, -0.05) is 40.5 Å². The number of likely N-dealkylation sites (N-methyl/N-ethyl adjacent to an activating group) is 1. The Hall–Kier alpha value is -3.60. The SMILES string of the molecule is CCC(C)C(NC(=O)C(C(C)CC)N(C)C)C(=O)N1CCC2Oc3ccc(c(OC)c3)C=CNC(=O)C3CCCN3C(=O)C21. The molecule has 2 fully saturated rings. The first-order valence-corrected chi connectivity index (χ1v) is 15.9. The molecule has 4 heterocycles. The highest BCUT2D eigenvalue weighted by Gasteiger charge is 2.50. The summed E-state index contributed by atoms with van der Waals surface area (Å²) in [6, 6.07) is 2.53. The van der Waals surface area contributed by atoms with Gasteiger partial charge in [0.05, 0.1) is 13.2 Å². The van der Waals surface area contributed by atoms with E-state index in [0.29, 0.717) is 43.7 Å². The molecular weight excluding hydrogens is 562 g/mol. The summed E-state index contributed by atoms with van der Waals surface area (Å²) >= 11 is 0. The Bertz CT molecular complexity index is 1250. The number of likely N-dealkylation sites (tertiary alicyclic amines) is 1. The molecule has 7 atom stereocenters. The molecule has 4 aliphatic rings. The second-order valence-corrected chi connectivity index (χ2v) is 12.5. The van der Waals surface area contributed by atoms with Crippen LogP contribution in [-0.2, 0) is 19.2 Å². The third-order valence-corrected chi connectivity index (χ3v) is 9.48. The van der Waals surface area contributed by atoms with Gasteiger partial charge in [0.2, 0.25) is 23.6 Å². The molecule has 2 saturated heterocycles. The van der Waals surface area contributed by atoms with Gasteiger partial charge in [0.25, 0.3) is 0 Å². The van der Waals surface area contributed by atoms with Crippen LogP contribution in [0.5, 0.6) is 11.5 Å². The van der Waals surface area contributed by atoms with Gasteiger partial charge in [0, 0.05) is 37.3 Å². The smallest absolute Gasteiger partial charge is 0.249 e. The van der Waals surface area contributed by atoms with Crippen molar-refractivity contribution < 1.29 is 28.7 Å². The van der Waals surface area contributed by atoms with Crippen molar-refractivity contribution in [1.82, 2.24) is 25.3 Å². The molecule has 5 rings (SSSR count). The molecule has 0 spiro atoms. The zero-order valence-electron chi connectivity index (χ0n) is 27.2. The predicted molar refractivity (Wildman–Crippen MR) is 168 cm³/mol. The fourth-order valence-electron chi connectivity index (χ4n) is 6.61. The first-order chi connectivity index (χ1) is 21.0. The van der Waals surface area contributed by atoms with Gasteiger partial charge in [-0.15, -0.1) is 0 Å². The van der Waals surface area contributed by atoms with Crippen molar-refractivity contribution in [3.8, 4) is 11.5 Å². The largest absolute Gasteiger partial charge is 0.496 e. The van der Waals surface area contributed by atoms with E-state index in [1.807, 2.05) is 52.8 Å². The van der Waals surface area contributed by atoms with E-state index in [2.05, 4.69) is 10.6 Å². The number of carbonyl (C=O) groups excluding carboxylic acids is 4. The van der Waals surface area contributed by atoms with Crippen molar-refractivity contribution in [2.45, 2.75) is 90.1 Å². The lowest BCUT2D eigenvalue weighted by Crippen LogP contribution is -2.61. The van der Waals surface area contributed by atoms with Gasteiger partial charge in [-0.25, -0.2) is 0 Å². The van der Waals surface area contributed by atoms with E-state index >= 15 is 0 Å². The number of methoxy groups -OCH3 is 1. The lowest BCUT2D eigenvalue weighted by atomic mass is 9.94. The predicted octanol–water partition coefficient (Wildman–Crippen LogP) is 2.64. The van der Waals surface area contributed by atoms with Crippen molar-refractivity contribution in [1.29, 1.82) is 0 Å². The van der Waals surface area contributed by atoms with Crippen LogP contribution >= 0.6 is 0 Å². The first-order valence-electron chi connectivity index (χ1n) is 15.9. The van der Waals surface area contributed by atoms with Crippen molar-refractivity contribution >= 4 is 29.7 Å². The van der Waals surface area contributed by atoms with Crippen LogP contribution in [0, 0.1) is 11.8 Å². The van der Waals surface area contributed by atoms with Gasteiger partial charge in [0.15, 0.2) is 0 Å². The van der Waals surface area contributed by atoms with Crippen LogP contribution in [-0.4, -0.2) is 103 Å². The fraction of sp³-hybridized carbons (Fsp3) is 0.636. The number of carbonyl (C=O) groups is 4. The number of benzene rings is 1. The van der Waals surface area contributed by atoms with Crippen LogP contribution in [0.1, 0.15) is 65.4 Å². The standard InChI is InChI=1S/C33H49N5O6/c1-8-20(3)27(35-31(40)28(36(5)6)21(4)9-2)32(41)38-18-15-25-29(38)33(42)37-17-10-11-24(37)30(39)34-16-14-22-12-13-23(44-25)19-26(22)43-7/h12-14,16,19-21,24-25,27-29H,8-11,15,17-18H2,1-7H3,(H,34,39)(H,35,40). The van der Waals surface area contributed by atoms with Gasteiger partial charge < -0.3 is 29.9 Å². The highest BCUT2D eigenvalue weighted by molar-refractivity contribution is 5.96. The molecule has 1 aromatic carbocycles. The molecule has 4 aliphatic heterocycles. The molecule has 44 heavy (non-hydrogen) atoms. The highest BCUT2D eigenvalue weighted by atomic mass is 16.5. The number of nitrogens with one attached hydrogen (secondary N) is 2. The molecule has 2 bridgehead atoms. The Labute approximate surface area is 261 Å². The minimum Gasteiger partial charge on any atom is -0.496 e. The summed E-state index contributed by atoms with van der Waals surface area (Å²) in [4.78, 5) is 60.7. The topological polar surface area (TPSA) is 121 Å². The van der Waals surface area contributed by atoms with Crippen LogP contribution in [0.25, 0.3) is 6.08 Å². The average Bonchev–Trinajstić information content (AvgIpc) is 3.66. The minimum absolute atomic E-state index is 0.0832. The number of rotatable bonds is 9. The summed E-state index contributed by atoms with van der Waals surface area (Å²) in [5.41, 5.74) is 0.761. The number of nitrogens with zero attached hydrogens (tertiary/aromatic N) is 3. The third-order valence-electron chi connectivity index (χ3n) is 9.48. The zero-order valence-corrected chi connectivity index (χ0v) is 27.2. The van der Waals surface area contributed by atoms with Gasteiger partial charge in [-0.05, 0) is 57.0 Å². The van der Waals surface area contributed by atoms with E-state index in [9.17, 15) is 19.2 Å². The fourth-order valence-corrected chi connectivity index (χ4v) is 6.61. The summed E-state index contributed by atoms with van der Waals surface area (Å²) in [5.74, 6) is -0.129. The lowest BCUT2D eigenvalue weighted by molar-refractivity contribution is -0.150. The van der Waals surface area contributed by atoms with Crippen LogP contribution in [0.2, 0.25) is 0 Å². The molecule has 0 aliphatic carbocycles. The summed E-state index contributed by atoms with van der Waals surface area (Å²) in [7, 11) is 5.29. The Morgan fingerprint density at radius 2 is 1.84 bits per heavy atom. The molecular formula is C33H49N5O6. The number of hydrogen-bond acceptors (Lipinski definition) is 7. The molecule has 242 valence electrons. The number of fused-ring (bicyclic) bond motifs is 4. The maximum atomic E-state index is 14.4. The minimum atomic E-state index is -0.956. The van der Waals surface area contributed by atoms with Crippen LogP contribution in [0.15, 0.2) is 24.4 Å². The molecule has 11 heteroatoms. The first kappa shape index (κ1) is 33.3. The lowest BCUT2D eigenvalue weighted by Gasteiger charge is -2.37. The van der Waals surface area contributed by atoms with Crippen LogP contribution < -0.4 is 20.1 Å². The molecule has 0 saturated carbocycles. The Morgan fingerprint density at radius 3 is 2.50 bits per heavy atom. The Kier molecular flexibility index (Phi) is 10.9. The molecule has 2 N–H and O–H groups in total. The van der Waals surface area contributed by atoms with E-state index in [-0.39, 0.29) is 42.0 Å². The van der Waals surface area contributed by atoms with E-state index in [4.69, 9.17) is 9.47 Å². The molecule has 0 radical (unpaired) electrons. The number of amides is 4. The summed E-state index contributed by atoms with van der Waals surface area (Å²) in [6.07, 6.45) is 5.76. The molecule has 0 aromatic heterocycles. The van der Waals surface area contributed by atoms with Crippen molar-refractivity contribution in [3.63, 3.8) is 0 Å².